The van der Waals surface area contributed by atoms with E-state index in [4.69, 9.17) is 9.47 Å². The SMILES string of the molecule is COc1ccccc1OCC#CCNC(=O)Cc1ccccc1. The molecule has 0 atom stereocenters. The van der Waals surface area contributed by atoms with Gasteiger partial charge in [-0.1, -0.05) is 54.3 Å². The molecule has 2 rings (SSSR count). The summed E-state index contributed by atoms with van der Waals surface area (Å²) in [5.74, 6) is 7.00. The van der Waals surface area contributed by atoms with Gasteiger partial charge in [0.15, 0.2) is 11.5 Å². The maximum Gasteiger partial charge on any atom is 0.225 e. The van der Waals surface area contributed by atoms with Gasteiger partial charge in [0, 0.05) is 0 Å². The van der Waals surface area contributed by atoms with Crippen LogP contribution in [-0.4, -0.2) is 26.2 Å². The van der Waals surface area contributed by atoms with Gasteiger partial charge in [0.2, 0.25) is 5.91 Å². The molecule has 23 heavy (non-hydrogen) atoms. The van der Waals surface area contributed by atoms with Gasteiger partial charge in [-0.3, -0.25) is 4.79 Å². The van der Waals surface area contributed by atoms with Gasteiger partial charge >= 0.3 is 0 Å². The Hall–Kier alpha value is -2.93. The predicted octanol–water partition coefficient (Wildman–Crippen LogP) is 2.44. The summed E-state index contributed by atoms with van der Waals surface area (Å²) in [4.78, 5) is 11.7. The first kappa shape index (κ1) is 16.4. The molecule has 2 aromatic carbocycles. The zero-order chi connectivity index (χ0) is 16.3. The molecule has 0 bridgehead atoms. The van der Waals surface area contributed by atoms with Gasteiger partial charge < -0.3 is 14.8 Å². The summed E-state index contributed by atoms with van der Waals surface area (Å²) in [6, 6.07) is 17.0. The summed E-state index contributed by atoms with van der Waals surface area (Å²) in [6.07, 6.45) is 0.361. The van der Waals surface area contributed by atoms with Crippen molar-refractivity contribution in [2.75, 3.05) is 20.3 Å². The molecule has 1 amide bonds. The lowest BCUT2D eigenvalue weighted by molar-refractivity contribution is -0.120. The number of para-hydroxylation sites is 2. The number of carbonyl (C=O) groups is 1. The van der Waals surface area contributed by atoms with Crippen LogP contribution in [0.2, 0.25) is 0 Å². The van der Waals surface area contributed by atoms with Gasteiger partial charge in [-0.05, 0) is 17.7 Å². The molecule has 0 saturated heterocycles. The molecule has 1 N–H and O–H groups in total. The number of nitrogens with one attached hydrogen (secondary N) is 1. The van der Waals surface area contributed by atoms with Crippen molar-refractivity contribution in [3.05, 3.63) is 60.2 Å². The maximum absolute atomic E-state index is 11.7. The lowest BCUT2D eigenvalue weighted by atomic mass is 10.1. The second-order valence-electron chi connectivity index (χ2n) is 4.73. The summed E-state index contributed by atoms with van der Waals surface area (Å²) in [5.41, 5.74) is 0.984. The summed E-state index contributed by atoms with van der Waals surface area (Å²) in [5, 5.41) is 2.76. The summed E-state index contributed by atoms with van der Waals surface area (Å²) >= 11 is 0. The maximum atomic E-state index is 11.7. The van der Waals surface area contributed by atoms with Gasteiger partial charge in [-0.25, -0.2) is 0 Å². The number of benzene rings is 2. The Bertz CT molecular complexity index is 687. The van der Waals surface area contributed by atoms with Crippen LogP contribution in [0.25, 0.3) is 0 Å². The molecule has 0 saturated carbocycles. The molecule has 4 heteroatoms. The number of ether oxygens (including phenoxy) is 2. The molecule has 0 heterocycles. The number of methoxy groups -OCH3 is 1. The third-order valence-electron chi connectivity index (χ3n) is 3.08. The molecule has 2 aromatic rings. The van der Waals surface area contributed by atoms with E-state index in [-0.39, 0.29) is 12.5 Å². The van der Waals surface area contributed by atoms with Crippen LogP contribution in [0.4, 0.5) is 0 Å². The molecule has 0 aliphatic carbocycles. The Morgan fingerprint density at radius 3 is 2.43 bits per heavy atom. The van der Waals surface area contributed by atoms with Crippen LogP contribution in [0, 0.1) is 11.8 Å². The predicted molar refractivity (Wildman–Crippen MR) is 89.4 cm³/mol. The average Bonchev–Trinajstić information content (AvgIpc) is 2.59. The molecule has 0 spiro atoms. The fourth-order valence-electron chi connectivity index (χ4n) is 1.95. The average molecular weight is 309 g/mol. The van der Waals surface area contributed by atoms with E-state index in [0.717, 1.165) is 5.56 Å². The standard InChI is InChI=1S/C19H19NO3/c1-22-17-11-5-6-12-18(17)23-14-8-7-13-20-19(21)15-16-9-3-2-4-10-16/h2-6,9-12H,13-15H2,1H3,(H,20,21). The minimum Gasteiger partial charge on any atom is -0.493 e. The second kappa shape index (κ2) is 9.16. The minimum absolute atomic E-state index is 0.0452. The van der Waals surface area contributed by atoms with Crippen LogP contribution < -0.4 is 14.8 Å². The fraction of sp³-hybridized carbons (Fsp3) is 0.211. The highest BCUT2D eigenvalue weighted by Crippen LogP contribution is 2.25. The largest absolute Gasteiger partial charge is 0.493 e. The Kier molecular flexibility index (Phi) is 6.55. The molecule has 0 unspecified atom stereocenters. The van der Waals surface area contributed by atoms with Gasteiger partial charge in [0.05, 0.1) is 20.1 Å². The number of carbonyl (C=O) groups excluding carboxylic acids is 1. The quantitative estimate of drug-likeness (QED) is 0.834. The van der Waals surface area contributed by atoms with Crippen molar-refractivity contribution in [2.24, 2.45) is 0 Å². The van der Waals surface area contributed by atoms with E-state index in [0.29, 0.717) is 24.5 Å². The second-order valence-corrected chi connectivity index (χ2v) is 4.73. The number of rotatable bonds is 6. The van der Waals surface area contributed by atoms with Gasteiger partial charge in [0.1, 0.15) is 6.61 Å². The van der Waals surface area contributed by atoms with Crippen molar-refractivity contribution in [1.82, 2.24) is 5.32 Å². The molecule has 0 fully saturated rings. The normalized spacial score (nSPS) is 9.43. The van der Waals surface area contributed by atoms with Crippen molar-refractivity contribution in [2.45, 2.75) is 6.42 Å². The van der Waals surface area contributed by atoms with Crippen molar-refractivity contribution in [1.29, 1.82) is 0 Å². The van der Waals surface area contributed by atoms with E-state index >= 15 is 0 Å². The first-order valence-electron chi connectivity index (χ1n) is 7.32. The van der Waals surface area contributed by atoms with E-state index in [1.807, 2.05) is 54.6 Å². The van der Waals surface area contributed by atoms with Crippen molar-refractivity contribution < 1.29 is 14.3 Å². The van der Waals surface area contributed by atoms with Crippen LogP contribution in [0.5, 0.6) is 11.5 Å². The third-order valence-corrected chi connectivity index (χ3v) is 3.08. The van der Waals surface area contributed by atoms with E-state index in [9.17, 15) is 4.79 Å². The van der Waals surface area contributed by atoms with Gasteiger partial charge in [-0.2, -0.15) is 0 Å². The Balaban J connectivity index is 1.69. The highest BCUT2D eigenvalue weighted by atomic mass is 16.5. The van der Waals surface area contributed by atoms with Crippen LogP contribution in [-0.2, 0) is 11.2 Å². The molecule has 0 aromatic heterocycles. The highest BCUT2D eigenvalue weighted by molar-refractivity contribution is 5.78. The van der Waals surface area contributed by atoms with E-state index in [2.05, 4.69) is 17.2 Å². The van der Waals surface area contributed by atoms with E-state index < -0.39 is 0 Å². The zero-order valence-corrected chi connectivity index (χ0v) is 13.0. The van der Waals surface area contributed by atoms with Crippen molar-refractivity contribution in [3.63, 3.8) is 0 Å². The molecular formula is C19H19NO3. The molecule has 0 radical (unpaired) electrons. The third kappa shape index (κ3) is 5.76. The molecule has 0 aliphatic heterocycles. The van der Waals surface area contributed by atoms with Crippen molar-refractivity contribution in [3.8, 4) is 23.3 Å². The number of hydrogen-bond acceptors (Lipinski definition) is 3. The van der Waals surface area contributed by atoms with E-state index in [1.54, 1.807) is 7.11 Å². The molecule has 4 nitrogen and oxygen atoms in total. The lowest BCUT2D eigenvalue weighted by Crippen LogP contribution is -2.25. The molecular weight excluding hydrogens is 290 g/mol. The first-order chi connectivity index (χ1) is 11.3. The molecule has 0 aliphatic rings. The number of hydrogen-bond donors (Lipinski definition) is 1. The topological polar surface area (TPSA) is 47.6 Å². The van der Waals surface area contributed by atoms with Crippen LogP contribution >= 0.6 is 0 Å². The molecule has 118 valence electrons. The highest BCUT2D eigenvalue weighted by Gasteiger charge is 2.01. The number of amides is 1. The first-order valence-corrected chi connectivity index (χ1v) is 7.32. The fourth-order valence-corrected chi connectivity index (χ4v) is 1.95. The van der Waals surface area contributed by atoms with Crippen LogP contribution in [0.1, 0.15) is 5.56 Å². The van der Waals surface area contributed by atoms with Crippen LogP contribution in [0.3, 0.4) is 0 Å². The lowest BCUT2D eigenvalue weighted by Gasteiger charge is -2.07. The summed E-state index contributed by atoms with van der Waals surface area (Å²) in [6.45, 7) is 0.551. The Morgan fingerprint density at radius 1 is 1.00 bits per heavy atom. The summed E-state index contributed by atoms with van der Waals surface area (Å²) in [7, 11) is 1.59. The minimum atomic E-state index is -0.0452. The van der Waals surface area contributed by atoms with Crippen molar-refractivity contribution >= 4 is 5.91 Å². The Morgan fingerprint density at radius 2 is 1.70 bits per heavy atom. The van der Waals surface area contributed by atoms with Crippen LogP contribution in [0.15, 0.2) is 54.6 Å². The summed E-state index contributed by atoms with van der Waals surface area (Å²) < 4.78 is 10.7. The zero-order valence-electron chi connectivity index (χ0n) is 13.0. The van der Waals surface area contributed by atoms with E-state index in [1.165, 1.54) is 0 Å². The smallest absolute Gasteiger partial charge is 0.225 e. The van der Waals surface area contributed by atoms with Gasteiger partial charge in [0.25, 0.3) is 0 Å². The van der Waals surface area contributed by atoms with Gasteiger partial charge in [-0.15, -0.1) is 0 Å². The Labute approximate surface area is 136 Å². The monoisotopic (exact) mass is 309 g/mol.